The predicted octanol–water partition coefficient (Wildman–Crippen LogP) is 13.7. The minimum Gasteiger partial charge on any atom is -0.455 e. The van der Waals surface area contributed by atoms with Crippen LogP contribution in [-0.4, -0.2) is 0 Å². The van der Waals surface area contributed by atoms with Crippen molar-refractivity contribution < 1.29 is 45.5 Å². The quantitative estimate of drug-likeness (QED) is 0.172. The Labute approximate surface area is 326 Å². The molecule has 9 aromatic carbocycles. The Morgan fingerprint density at radius 3 is 1.61 bits per heavy atom. The molecule has 228 valence electrons. The lowest BCUT2D eigenvalue weighted by Gasteiger charge is -2.18. The molecule has 0 spiro atoms. The lowest BCUT2D eigenvalue weighted by molar-refractivity contribution is 0.673. The number of benzene rings is 9. The van der Waals surface area contributed by atoms with E-state index < -0.39 is 280 Å². The van der Waals surface area contributed by atoms with E-state index in [9.17, 15) is 15.1 Å². The van der Waals surface area contributed by atoms with Gasteiger partial charge in [0.05, 0.1) is 41.1 Å². The maximum Gasteiger partial charge on any atom is 0.143 e. The third-order valence-corrected chi connectivity index (χ3v) is 7.87. The van der Waals surface area contributed by atoms with Gasteiger partial charge in [-0.15, -0.1) is 0 Å². The molecule has 10 rings (SSSR count). The standard InChI is InChI=1S/C48H30O/c1-2-12-31(13-3-1)35-15-10-16-36(30-35)46-41-20-8-6-18-39(41)45(40-19-7-9-21-42(40)46)34-26-24-33(25-27-34)37-22-11-23-44-47(37)43-29-28-32-14-4-5-17-38(32)48(43)49-44/h1-30H/i1D,2D,3D,4D,5D,6D,7D,8D,9D,10D,11D,12D,13D,14D,15D,16D,17D,18D,19D,20D,21D,22D,23D,24D,25D,26D,27D,28D,29D,30D. The van der Waals surface area contributed by atoms with Gasteiger partial charge in [0.15, 0.2) is 0 Å². The van der Waals surface area contributed by atoms with Crippen molar-refractivity contribution in [1.29, 1.82) is 0 Å². The van der Waals surface area contributed by atoms with Crippen molar-refractivity contribution in [2.45, 2.75) is 0 Å². The molecule has 0 amide bonds. The van der Waals surface area contributed by atoms with Crippen LogP contribution in [0.25, 0.3) is 98.8 Å². The largest absolute Gasteiger partial charge is 0.455 e. The minimum absolute atomic E-state index is 0.442. The first-order valence-corrected chi connectivity index (χ1v) is 14.4. The molecular formula is C48H30O. The zero-order valence-corrected chi connectivity index (χ0v) is 24.4. The summed E-state index contributed by atoms with van der Waals surface area (Å²) < 4.78 is 276. The summed E-state index contributed by atoms with van der Waals surface area (Å²) in [5, 5.41) is -5.16. The van der Waals surface area contributed by atoms with Crippen LogP contribution >= 0.6 is 0 Å². The molecule has 0 aliphatic rings. The van der Waals surface area contributed by atoms with Gasteiger partial charge in [-0.1, -0.05) is 163 Å². The van der Waals surface area contributed by atoms with E-state index >= 15 is 0 Å². The van der Waals surface area contributed by atoms with Crippen molar-refractivity contribution in [2.75, 3.05) is 0 Å². The fourth-order valence-corrected chi connectivity index (χ4v) is 5.81. The molecule has 1 heterocycles. The molecule has 49 heavy (non-hydrogen) atoms. The summed E-state index contributed by atoms with van der Waals surface area (Å²) in [7, 11) is 0. The van der Waals surface area contributed by atoms with Crippen LogP contribution in [0.2, 0.25) is 0 Å². The van der Waals surface area contributed by atoms with Gasteiger partial charge in [0.2, 0.25) is 0 Å². The molecular weight excluding hydrogens is 593 g/mol. The summed E-state index contributed by atoms with van der Waals surface area (Å²) >= 11 is 0. The summed E-state index contributed by atoms with van der Waals surface area (Å²) in [6.07, 6.45) is 0. The van der Waals surface area contributed by atoms with Crippen LogP contribution in [0, 0.1) is 0 Å². The molecule has 0 fully saturated rings. The minimum atomic E-state index is -1.14. The van der Waals surface area contributed by atoms with Gasteiger partial charge >= 0.3 is 0 Å². The van der Waals surface area contributed by atoms with Crippen molar-refractivity contribution in [3.8, 4) is 44.5 Å². The molecule has 0 saturated carbocycles. The first-order valence-electron chi connectivity index (χ1n) is 29.4. The maximum atomic E-state index is 9.70. The lowest BCUT2D eigenvalue weighted by atomic mass is 9.85. The molecule has 0 N–H and O–H groups in total. The van der Waals surface area contributed by atoms with E-state index in [2.05, 4.69) is 0 Å². The molecule has 1 aromatic heterocycles. The van der Waals surface area contributed by atoms with E-state index in [0.717, 1.165) is 0 Å². The van der Waals surface area contributed by atoms with Crippen LogP contribution in [0.5, 0.6) is 0 Å². The summed E-state index contributed by atoms with van der Waals surface area (Å²) in [6.45, 7) is 0. The van der Waals surface area contributed by atoms with Gasteiger partial charge in [-0.05, 0) is 89.6 Å². The Kier molecular flexibility index (Phi) is 2.50. The fourth-order valence-electron chi connectivity index (χ4n) is 5.81. The molecule has 0 bridgehead atoms. The normalized spacial score (nSPS) is 20.2. The molecule has 10 aromatic rings. The predicted molar refractivity (Wildman–Crippen MR) is 208 cm³/mol. The average molecular weight is 653 g/mol. The zero-order chi connectivity index (χ0) is 58.4. The molecule has 1 nitrogen and oxygen atoms in total. The highest BCUT2D eigenvalue weighted by atomic mass is 16.3. The number of fused-ring (bicyclic) bond motifs is 7. The summed E-state index contributed by atoms with van der Waals surface area (Å²) in [5.74, 6) is 0. The zero-order valence-electron chi connectivity index (χ0n) is 54.4. The monoisotopic (exact) mass is 652 g/mol. The lowest BCUT2D eigenvalue weighted by Crippen LogP contribution is -1.91. The Balaban J connectivity index is 1.43. The molecule has 0 aliphatic heterocycles. The Hall–Kier alpha value is -6.44. The van der Waals surface area contributed by atoms with Gasteiger partial charge in [-0.25, -0.2) is 0 Å². The van der Waals surface area contributed by atoms with Crippen molar-refractivity contribution in [3.05, 3.63) is 181 Å². The van der Waals surface area contributed by atoms with Crippen molar-refractivity contribution in [3.63, 3.8) is 0 Å². The van der Waals surface area contributed by atoms with Crippen LogP contribution in [0.15, 0.2) is 186 Å². The highest BCUT2D eigenvalue weighted by Crippen LogP contribution is 2.45. The maximum absolute atomic E-state index is 9.70. The summed E-state index contributed by atoms with van der Waals surface area (Å²) in [4.78, 5) is 0. The van der Waals surface area contributed by atoms with Gasteiger partial charge < -0.3 is 4.42 Å². The molecule has 0 saturated heterocycles. The van der Waals surface area contributed by atoms with Gasteiger partial charge in [-0.2, -0.15) is 0 Å². The van der Waals surface area contributed by atoms with Crippen molar-refractivity contribution >= 4 is 54.3 Å². The van der Waals surface area contributed by atoms with Crippen LogP contribution in [0.1, 0.15) is 41.1 Å². The SMILES string of the molecule is [2H]c1c([2H])c([2H])c(-c2c([2H])c([2H])c([2H])c(-c3c4c([2H])c([2H])c([2H])c([2H])c4c(-c4c([2H])c([2H])c(-c5c([2H])c([2H])c([2H])c6oc7c8c([2H])c([2H])c([2H])c([2H])c8c([2H])c([2H])c7c56)c([2H])c4[2H])c4c([2H])c([2H])c([2H])c([2H])c34)c2[2H])c([2H])c1[2H]. The molecule has 0 radical (unpaired) electrons. The smallest absolute Gasteiger partial charge is 0.143 e. The summed E-state index contributed by atoms with van der Waals surface area (Å²) in [6, 6.07) is -29.1. The van der Waals surface area contributed by atoms with Gasteiger partial charge in [-0.3, -0.25) is 0 Å². The van der Waals surface area contributed by atoms with Gasteiger partial charge in [0, 0.05) is 16.2 Å². The third-order valence-electron chi connectivity index (χ3n) is 7.87. The highest BCUT2D eigenvalue weighted by molar-refractivity contribution is 6.22. The molecule has 0 aliphatic carbocycles. The Morgan fingerprint density at radius 2 is 0.898 bits per heavy atom. The fraction of sp³-hybridized carbons (Fsp3) is 0. The second kappa shape index (κ2) is 11.1. The Bertz CT molecular complexity index is 4460. The Morgan fingerprint density at radius 1 is 0.347 bits per heavy atom. The van der Waals surface area contributed by atoms with Gasteiger partial charge in [0.25, 0.3) is 0 Å². The number of rotatable bonds is 4. The van der Waals surface area contributed by atoms with Crippen molar-refractivity contribution in [2.24, 2.45) is 0 Å². The number of hydrogen-bond acceptors (Lipinski definition) is 1. The van der Waals surface area contributed by atoms with Crippen molar-refractivity contribution in [1.82, 2.24) is 0 Å². The third kappa shape index (κ3) is 4.40. The molecule has 0 atom stereocenters. The summed E-state index contributed by atoms with van der Waals surface area (Å²) in [5.41, 5.74) is -7.79. The highest BCUT2D eigenvalue weighted by Gasteiger charge is 2.18. The van der Waals surface area contributed by atoms with E-state index in [4.69, 9.17) is 30.5 Å². The first kappa shape index (κ1) is 11.1. The number of furan rings is 1. The van der Waals surface area contributed by atoms with Crippen LogP contribution in [-0.2, 0) is 0 Å². The molecule has 0 unspecified atom stereocenters. The van der Waals surface area contributed by atoms with Crippen LogP contribution in [0.3, 0.4) is 0 Å². The van der Waals surface area contributed by atoms with E-state index in [1.807, 2.05) is 0 Å². The van der Waals surface area contributed by atoms with E-state index in [-0.39, 0.29) is 0 Å². The van der Waals surface area contributed by atoms with E-state index in [0.29, 0.717) is 0 Å². The molecule has 1 heteroatoms. The second-order valence-corrected chi connectivity index (χ2v) is 10.5. The first-order chi connectivity index (χ1) is 36.8. The number of hydrogen-bond donors (Lipinski definition) is 0. The van der Waals surface area contributed by atoms with E-state index in [1.54, 1.807) is 0 Å². The average Bonchev–Trinajstić information content (AvgIpc) is 3.58. The van der Waals surface area contributed by atoms with Gasteiger partial charge in [0.1, 0.15) is 11.2 Å². The van der Waals surface area contributed by atoms with Crippen LogP contribution in [0.4, 0.5) is 0 Å². The van der Waals surface area contributed by atoms with E-state index in [1.165, 1.54) is 0 Å². The van der Waals surface area contributed by atoms with Crippen LogP contribution < -0.4 is 0 Å². The topological polar surface area (TPSA) is 13.1 Å². The second-order valence-electron chi connectivity index (χ2n) is 10.5.